The van der Waals surface area contributed by atoms with Crippen LogP contribution in [0.3, 0.4) is 0 Å². The number of anilines is 1. The van der Waals surface area contributed by atoms with E-state index >= 15 is 0 Å². The van der Waals surface area contributed by atoms with Crippen molar-refractivity contribution in [2.24, 2.45) is 5.92 Å². The van der Waals surface area contributed by atoms with Crippen LogP contribution in [-0.4, -0.2) is 25.7 Å². The second kappa shape index (κ2) is 5.96. The molecule has 2 heteroatoms. The fourth-order valence-electron chi connectivity index (χ4n) is 3.14. The number of hydrogen-bond acceptors (Lipinski definition) is 2. The van der Waals surface area contributed by atoms with Gasteiger partial charge >= 0.3 is 0 Å². The Morgan fingerprint density at radius 3 is 2.89 bits per heavy atom. The molecule has 1 aliphatic heterocycles. The molecular formula is C17H26N2. The van der Waals surface area contributed by atoms with Crippen molar-refractivity contribution >= 4 is 5.69 Å². The Hall–Kier alpha value is -1.02. The van der Waals surface area contributed by atoms with Crippen LogP contribution in [0.1, 0.15) is 38.2 Å². The molecule has 0 saturated heterocycles. The molecule has 1 saturated carbocycles. The average molecular weight is 258 g/mol. The zero-order valence-electron chi connectivity index (χ0n) is 12.1. The quantitative estimate of drug-likeness (QED) is 0.788. The van der Waals surface area contributed by atoms with Crippen molar-refractivity contribution in [2.45, 2.75) is 45.1 Å². The zero-order valence-corrected chi connectivity index (χ0v) is 12.1. The van der Waals surface area contributed by atoms with Crippen LogP contribution in [0.4, 0.5) is 5.69 Å². The lowest BCUT2D eigenvalue weighted by atomic mass is 9.94. The molecule has 1 heterocycles. The highest BCUT2D eigenvalue weighted by Gasteiger charge is 2.21. The zero-order chi connectivity index (χ0) is 13.1. The molecule has 2 nitrogen and oxygen atoms in total. The van der Waals surface area contributed by atoms with Gasteiger partial charge in [0.25, 0.3) is 0 Å². The molecule has 3 rings (SSSR count). The van der Waals surface area contributed by atoms with Crippen LogP contribution in [0.15, 0.2) is 24.3 Å². The van der Waals surface area contributed by atoms with Crippen molar-refractivity contribution in [3.05, 3.63) is 29.8 Å². The maximum atomic E-state index is 3.60. The maximum absolute atomic E-state index is 3.60. The van der Waals surface area contributed by atoms with Crippen molar-refractivity contribution < 1.29 is 0 Å². The Labute approximate surface area is 117 Å². The largest absolute Gasteiger partial charge is 0.371 e. The smallest absolute Gasteiger partial charge is 0.0398 e. The molecule has 1 aromatic carbocycles. The van der Waals surface area contributed by atoms with Crippen molar-refractivity contribution in [1.29, 1.82) is 0 Å². The van der Waals surface area contributed by atoms with Gasteiger partial charge in [0, 0.05) is 24.8 Å². The van der Waals surface area contributed by atoms with E-state index in [2.05, 4.69) is 41.4 Å². The van der Waals surface area contributed by atoms with E-state index in [1.54, 1.807) is 0 Å². The van der Waals surface area contributed by atoms with E-state index < -0.39 is 0 Å². The lowest BCUT2D eigenvalue weighted by molar-refractivity contribution is 0.518. The summed E-state index contributed by atoms with van der Waals surface area (Å²) in [5, 5.41) is 3.60. The summed E-state index contributed by atoms with van der Waals surface area (Å²) >= 11 is 0. The summed E-state index contributed by atoms with van der Waals surface area (Å²) in [5.74, 6) is 0.791. The summed E-state index contributed by atoms with van der Waals surface area (Å²) in [6, 6.07) is 9.80. The van der Waals surface area contributed by atoms with Crippen LogP contribution >= 0.6 is 0 Å². The fourth-order valence-corrected chi connectivity index (χ4v) is 3.14. The third kappa shape index (κ3) is 3.50. The van der Waals surface area contributed by atoms with Crippen LogP contribution < -0.4 is 10.2 Å². The summed E-state index contributed by atoms with van der Waals surface area (Å²) < 4.78 is 0. The number of unbranched alkanes of at least 4 members (excludes halogenated alkanes) is 1. The van der Waals surface area contributed by atoms with Gasteiger partial charge in [0.1, 0.15) is 0 Å². The van der Waals surface area contributed by atoms with Gasteiger partial charge in [-0.15, -0.1) is 0 Å². The fraction of sp³-hybridized carbons (Fsp3) is 0.647. The normalized spacial score (nSPS) is 22.4. The number of para-hydroxylation sites is 1. The Balaban J connectivity index is 1.49. The third-order valence-electron chi connectivity index (χ3n) is 4.30. The van der Waals surface area contributed by atoms with Gasteiger partial charge in [0.15, 0.2) is 0 Å². The van der Waals surface area contributed by atoms with Gasteiger partial charge in [-0.05, 0) is 56.2 Å². The van der Waals surface area contributed by atoms with Crippen molar-refractivity contribution in [2.75, 3.05) is 24.5 Å². The summed E-state index contributed by atoms with van der Waals surface area (Å²) in [5.41, 5.74) is 3.02. The number of fused-ring (bicyclic) bond motifs is 1. The van der Waals surface area contributed by atoms with E-state index in [4.69, 9.17) is 0 Å². The Bertz CT molecular complexity index is 411. The van der Waals surface area contributed by atoms with Crippen LogP contribution in [0, 0.1) is 5.92 Å². The van der Waals surface area contributed by atoms with Crippen LogP contribution in [0.5, 0.6) is 0 Å². The molecule has 0 radical (unpaired) electrons. The molecule has 19 heavy (non-hydrogen) atoms. The number of hydrogen-bond donors (Lipinski definition) is 1. The molecule has 104 valence electrons. The van der Waals surface area contributed by atoms with Crippen LogP contribution in [0.25, 0.3) is 0 Å². The molecular weight excluding hydrogens is 232 g/mol. The molecule has 0 spiro atoms. The first-order valence-corrected chi connectivity index (χ1v) is 7.89. The van der Waals surface area contributed by atoms with Gasteiger partial charge in [-0.1, -0.05) is 25.1 Å². The Kier molecular flexibility index (Phi) is 4.07. The standard InChI is InChI=1S/C17H26N2/c1-14-12-15-6-2-3-7-17(15)19(13-14)11-5-4-10-18-16-8-9-16/h2-3,6-7,14,16,18H,4-5,8-13H2,1H3. The van der Waals surface area contributed by atoms with Gasteiger partial charge in [0.05, 0.1) is 0 Å². The highest BCUT2D eigenvalue weighted by atomic mass is 15.1. The minimum atomic E-state index is 0.791. The van der Waals surface area contributed by atoms with Crippen molar-refractivity contribution in [1.82, 2.24) is 5.32 Å². The lowest BCUT2D eigenvalue weighted by Gasteiger charge is -2.35. The number of nitrogens with one attached hydrogen (secondary N) is 1. The van der Waals surface area contributed by atoms with Gasteiger partial charge in [0.2, 0.25) is 0 Å². The monoisotopic (exact) mass is 258 g/mol. The predicted molar refractivity (Wildman–Crippen MR) is 81.8 cm³/mol. The van der Waals surface area contributed by atoms with E-state index in [9.17, 15) is 0 Å². The van der Waals surface area contributed by atoms with E-state index in [1.807, 2.05) is 0 Å². The second-order valence-corrected chi connectivity index (χ2v) is 6.32. The van der Waals surface area contributed by atoms with Gasteiger partial charge in [-0.25, -0.2) is 0 Å². The molecule has 1 aliphatic carbocycles. The summed E-state index contributed by atoms with van der Waals surface area (Å²) in [4.78, 5) is 2.60. The average Bonchev–Trinajstić information content (AvgIpc) is 3.22. The summed E-state index contributed by atoms with van der Waals surface area (Å²) in [7, 11) is 0. The molecule has 1 N–H and O–H groups in total. The Morgan fingerprint density at radius 1 is 1.21 bits per heavy atom. The van der Waals surface area contributed by atoms with Crippen molar-refractivity contribution in [3.63, 3.8) is 0 Å². The van der Waals surface area contributed by atoms with E-state index in [1.165, 1.54) is 63.0 Å². The first kappa shape index (κ1) is 13.0. The molecule has 1 fully saturated rings. The molecule has 1 atom stereocenters. The maximum Gasteiger partial charge on any atom is 0.0398 e. The third-order valence-corrected chi connectivity index (χ3v) is 4.30. The lowest BCUT2D eigenvalue weighted by Crippen LogP contribution is -2.35. The van der Waals surface area contributed by atoms with E-state index in [0.29, 0.717) is 0 Å². The minimum absolute atomic E-state index is 0.791. The molecule has 0 aromatic heterocycles. The van der Waals surface area contributed by atoms with Gasteiger partial charge in [-0.2, -0.15) is 0 Å². The SMILES string of the molecule is CC1Cc2ccccc2N(CCCCNC2CC2)C1. The van der Waals surface area contributed by atoms with Gasteiger partial charge < -0.3 is 10.2 Å². The molecule has 1 unspecified atom stereocenters. The second-order valence-electron chi connectivity index (χ2n) is 6.32. The molecule has 2 aliphatic rings. The Morgan fingerprint density at radius 2 is 2.05 bits per heavy atom. The van der Waals surface area contributed by atoms with Gasteiger partial charge in [-0.3, -0.25) is 0 Å². The first-order valence-electron chi connectivity index (χ1n) is 7.89. The molecule has 0 bridgehead atoms. The van der Waals surface area contributed by atoms with Crippen LogP contribution in [-0.2, 0) is 6.42 Å². The highest BCUT2D eigenvalue weighted by Crippen LogP contribution is 2.29. The number of nitrogens with zero attached hydrogens (tertiary/aromatic N) is 1. The first-order chi connectivity index (χ1) is 9.33. The van der Waals surface area contributed by atoms with Crippen molar-refractivity contribution in [3.8, 4) is 0 Å². The van der Waals surface area contributed by atoms with E-state index in [-0.39, 0.29) is 0 Å². The van der Waals surface area contributed by atoms with Crippen LogP contribution in [0.2, 0.25) is 0 Å². The summed E-state index contributed by atoms with van der Waals surface area (Å²) in [6.45, 7) is 6.02. The molecule has 0 amide bonds. The highest BCUT2D eigenvalue weighted by molar-refractivity contribution is 5.55. The van der Waals surface area contributed by atoms with E-state index in [0.717, 1.165) is 12.0 Å². The minimum Gasteiger partial charge on any atom is -0.371 e. The molecule has 1 aromatic rings. The number of benzene rings is 1. The topological polar surface area (TPSA) is 15.3 Å². The predicted octanol–water partition coefficient (Wildman–Crippen LogP) is 3.22. The number of rotatable bonds is 6. The summed E-state index contributed by atoms with van der Waals surface area (Å²) in [6.07, 6.45) is 6.66.